The first-order valence-corrected chi connectivity index (χ1v) is 6.04. The second-order valence-corrected chi connectivity index (χ2v) is 4.30. The fraction of sp³-hybridized carbons (Fsp3) is 0.0714. The topological polar surface area (TPSA) is 74.4 Å². The van der Waals surface area contributed by atoms with E-state index >= 15 is 0 Å². The Labute approximate surface area is 115 Å². The zero-order valence-electron chi connectivity index (χ0n) is 10.5. The maximum Gasteiger partial charge on any atom is 0.285 e. The monoisotopic (exact) mass is 265 g/mol. The molecule has 0 bridgehead atoms. The summed E-state index contributed by atoms with van der Waals surface area (Å²) in [5.41, 5.74) is 1.05. The average Bonchev–Trinajstić information content (AvgIpc) is 2.91. The summed E-state index contributed by atoms with van der Waals surface area (Å²) in [4.78, 5) is 19.5. The molecule has 1 radical (unpaired) electrons. The summed E-state index contributed by atoms with van der Waals surface area (Å²) < 4.78 is 0. The minimum atomic E-state index is -0.269. The number of aliphatic imine (C=N–C) groups is 1. The van der Waals surface area contributed by atoms with Crippen LogP contribution in [0.15, 0.2) is 59.5 Å². The van der Waals surface area contributed by atoms with Crippen molar-refractivity contribution in [3.05, 3.63) is 54.5 Å². The minimum absolute atomic E-state index is 0.269. The van der Waals surface area contributed by atoms with E-state index in [9.17, 15) is 4.79 Å². The Morgan fingerprint density at radius 2 is 2.20 bits per heavy atom. The Morgan fingerprint density at radius 3 is 2.95 bits per heavy atom. The van der Waals surface area contributed by atoms with E-state index in [1.807, 2.05) is 36.5 Å². The third-order valence-corrected chi connectivity index (χ3v) is 2.91. The van der Waals surface area contributed by atoms with Crippen LogP contribution in [0.25, 0.3) is 0 Å². The molecule has 0 aliphatic carbocycles. The molecule has 1 aromatic rings. The first-order chi connectivity index (χ1) is 9.76. The molecule has 0 unspecified atom stereocenters. The van der Waals surface area contributed by atoms with Gasteiger partial charge in [0.2, 0.25) is 6.67 Å². The lowest BCUT2D eigenvalue weighted by Gasteiger charge is -2.13. The van der Waals surface area contributed by atoms with Crippen molar-refractivity contribution in [2.45, 2.75) is 0 Å². The second kappa shape index (κ2) is 4.99. The van der Waals surface area contributed by atoms with Crippen LogP contribution in [0.1, 0.15) is 0 Å². The Hall–Kier alpha value is -2.91. The molecule has 0 saturated carbocycles. The van der Waals surface area contributed by atoms with Crippen LogP contribution in [0.2, 0.25) is 0 Å². The molecule has 1 N–H and O–H groups in total. The number of hydrogen-bond acceptors (Lipinski definition) is 5. The summed E-state index contributed by atoms with van der Waals surface area (Å²) in [6.07, 6.45) is 7.00. The third-order valence-electron chi connectivity index (χ3n) is 2.91. The molecule has 2 aliphatic rings. The van der Waals surface area contributed by atoms with Gasteiger partial charge in [-0.3, -0.25) is 4.79 Å². The van der Waals surface area contributed by atoms with E-state index in [4.69, 9.17) is 5.26 Å². The van der Waals surface area contributed by atoms with Crippen molar-refractivity contribution in [3.8, 4) is 6.19 Å². The van der Waals surface area contributed by atoms with Gasteiger partial charge in [-0.15, -0.1) is 0 Å². The van der Waals surface area contributed by atoms with Gasteiger partial charge in [-0.25, -0.2) is 4.90 Å². The molecule has 0 atom stereocenters. The molecule has 2 heterocycles. The van der Waals surface area contributed by atoms with Gasteiger partial charge in [0.15, 0.2) is 18.1 Å². The van der Waals surface area contributed by atoms with Crippen molar-refractivity contribution < 1.29 is 4.79 Å². The van der Waals surface area contributed by atoms with Crippen molar-refractivity contribution >= 4 is 17.4 Å². The number of rotatable bonds is 2. The van der Waals surface area contributed by atoms with Gasteiger partial charge in [0.1, 0.15) is 0 Å². The van der Waals surface area contributed by atoms with Gasteiger partial charge in [0.25, 0.3) is 11.7 Å². The molecule has 0 spiro atoms. The van der Waals surface area contributed by atoms with Gasteiger partial charge >= 0.3 is 0 Å². The van der Waals surface area contributed by atoms with Gasteiger partial charge in [-0.05, 0) is 12.1 Å². The molecular formula is C14H11N5O+. The van der Waals surface area contributed by atoms with Gasteiger partial charge in [0.05, 0.1) is 0 Å². The molecule has 1 aromatic carbocycles. The van der Waals surface area contributed by atoms with E-state index in [1.165, 1.54) is 4.90 Å². The molecule has 1 amide bonds. The maximum atomic E-state index is 12.1. The molecule has 6 heteroatoms. The van der Waals surface area contributed by atoms with Crippen LogP contribution in [0.4, 0.5) is 5.69 Å². The fourth-order valence-corrected chi connectivity index (χ4v) is 1.94. The van der Waals surface area contributed by atoms with Gasteiger partial charge in [0, 0.05) is 18.0 Å². The number of nitrogens with one attached hydrogen (secondary N) is 1. The van der Waals surface area contributed by atoms with Crippen LogP contribution in [0, 0.1) is 11.5 Å². The molecule has 3 rings (SSSR count). The molecule has 0 aromatic heterocycles. The average molecular weight is 265 g/mol. The summed E-state index contributed by atoms with van der Waals surface area (Å²) in [6, 6.07) is 9.20. The van der Waals surface area contributed by atoms with E-state index in [-0.39, 0.29) is 5.91 Å². The Morgan fingerprint density at radius 1 is 1.40 bits per heavy atom. The summed E-state index contributed by atoms with van der Waals surface area (Å²) >= 11 is 0. The van der Waals surface area contributed by atoms with Gasteiger partial charge in [-0.2, -0.15) is 10.3 Å². The lowest BCUT2D eigenvalue weighted by Crippen LogP contribution is -2.39. The Kier molecular flexibility index (Phi) is 3.03. The number of fused-ring (bicyclic) bond motifs is 1. The highest BCUT2D eigenvalue weighted by atomic mass is 16.2. The molecule has 0 saturated heterocycles. The highest BCUT2D eigenvalue weighted by Gasteiger charge is 2.34. The zero-order valence-corrected chi connectivity index (χ0v) is 10.5. The smallest absolute Gasteiger partial charge is 0.285 e. The van der Waals surface area contributed by atoms with Crippen molar-refractivity contribution in [1.29, 1.82) is 5.26 Å². The number of amides is 1. The van der Waals surface area contributed by atoms with Gasteiger partial charge in [-0.1, -0.05) is 23.1 Å². The number of amidine groups is 1. The van der Waals surface area contributed by atoms with Crippen LogP contribution >= 0.6 is 0 Å². The molecular weight excluding hydrogens is 254 g/mol. The van der Waals surface area contributed by atoms with E-state index in [1.54, 1.807) is 23.4 Å². The van der Waals surface area contributed by atoms with Crippen LogP contribution in [-0.4, -0.2) is 23.3 Å². The van der Waals surface area contributed by atoms with E-state index in [0.29, 0.717) is 18.2 Å². The molecule has 20 heavy (non-hydrogen) atoms. The lowest BCUT2D eigenvalue weighted by molar-refractivity contribution is -0.112. The first kappa shape index (κ1) is 12.1. The maximum absolute atomic E-state index is 12.1. The Bertz CT molecular complexity index is 669. The van der Waals surface area contributed by atoms with E-state index in [2.05, 4.69) is 10.3 Å². The second-order valence-electron chi connectivity index (χ2n) is 4.30. The number of benzene rings is 1. The number of carbonyl (C=O) groups is 1. The molecule has 2 aliphatic heterocycles. The third kappa shape index (κ3) is 2.30. The molecule has 0 fully saturated rings. The number of hydrogen-bond donors (Lipinski definition) is 1. The molecule has 97 valence electrons. The largest absolute Gasteiger partial charge is 0.320 e. The van der Waals surface area contributed by atoms with Crippen molar-refractivity contribution in [2.75, 3.05) is 12.0 Å². The van der Waals surface area contributed by atoms with E-state index < -0.39 is 0 Å². The highest BCUT2D eigenvalue weighted by molar-refractivity contribution is 6.10. The van der Waals surface area contributed by atoms with Crippen LogP contribution in [0.3, 0.4) is 0 Å². The van der Waals surface area contributed by atoms with Crippen molar-refractivity contribution in [2.24, 2.45) is 4.99 Å². The Balaban J connectivity index is 1.74. The number of nitriles is 1. The highest BCUT2D eigenvalue weighted by Crippen LogP contribution is 2.16. The van der Waals surface area contributed by atoms with Crippen LogP contribution < -0.4 is 10.2 Å². The summed E-state index contributed by atoms with van der Waals surface area (Å²) in [5, 5.41) is 11.6. The summed E-state index contributed by atoms with van der Waals surface area (Å²) in [5.74, 6) is 0.393. The summed E-state index contributed by atoms with van der Waals surface area (Å²) in [7, 11) is 0. The number of anilines is 1. The summed E-state index contributed by atoms with van der Waals surface area (Å²) in [6.45, 7) is 0.369. The predicted molar refractivity (Wildman–Crippen MR) is 74.2 cm³/mol. The number of para-hydroxylation sites is 1. The van der Waals surface area contributed by atoms with Crippen molar-refractivity contribution in [1.82, 2.24) is 9.80 Å². The van der Waals surface area contributed by atoms with Crippen LogP contribution in [-0.2, 0) is 4.79 Å². The fourth-order valence-electron chi connectivity index (χ4n) is 1.94. The lowest BCUT2D eigenvalue weighted by atomic mass is 10.3. The van der Waals surface area contributed by atoms with Gasteiger partial charge < -0.3 is 5.32 Å². The number of nitrogens with zero attached hydrogens (tertiary/aromatic N) is 4. The van der Waals surface area contributed by atoms with Crippen LogP contribution in [0.5, 0.6) is 0 Å². The zero-order chi connectivity index (χ0) is 13.9. The first-order valence-electron chi connectivity index (χ1n) is 6.04. The quantitative estimate of drug-likeness (QED) is 0.646. The van der Waals surface area contributed by atoms with Crippen molar-refractivity contribution in [3.63, 3.8) is 0 Å². The minimum Gasteiger partial charge on any atom is -0.320 e. The molecule has 6 nitrogen and oxygen atoms in total. The van der Waals surface area contributed by atoms with E-state index in [0.717, 1.165) is 5.69 Å². The standard InChI is InChI=1S/C14H11N5O/c15-9-18-7-6-13-17-12(8-19(13)10-18)14(20)16-11-4-2-1-3-5-11/h1-8H,10H2,(H,16,20)/q+1. The number of carbonyl (C=O) groups excluding carboxylic acids is 1. The normalized spacial score (nSPS) is 17.1. The SMILES string of the molecule is N#CN1C=CC2=NC(C(=O)Nc3ccccc3)=C[N+]2C1. The predicted octanol–water partition coefficient (Wildman–Crippen LogP) is 1.29.